The Hall–Kier alpha value is -4.97. The molecule has 5 rings (SSSR count). The summed E-state index contributed by atoms with van der Waals surface area (Å²) >= 11 is 1.13. The SMILES string of the molecule is CCOC(=O)C1=C(C)N=c2s/c(=C\c3ccc(-c4ccc(OC)cc4[N+](=O)[O-])o3)c(=O)n2[C@@H]1c1ccccc1OC. The molecule has 0 bridgehead atoms. The highest BCUT2D eigenvalue weighted by Gasteiger charge is 2.35. The van der Waals surface area contributed by atoms with Gasteiger partial charge in [0.1, 0.15) is 29.1 Å². The zero-order valence-corrected chi connectivity index (χ0v) is 23.4. The summed E-state index contributed by atoms with van der Waals surface area (Å²) < 4.78 is 23.7. The van der Waals surface area contributed by atoms with E-state index < -0.39 is 22.5 Å². The highest BCUT2D eigenvalue weighted by molar-refractivity contribution is 7.07. The van der Waals surface area contributed by atoms with Gasteiger partial charge in [0, 0.05) is 11.6 Å². The van der Waals surface area contributed by atoms with Gasteiger partial charge >= 0.3 is 5.97 Å². The standard InChI is InChI=1S/C29H25N3O8S/c1-5-39-28(34)25-16(2)30-29-31(26(25)20-8-6-7-9-22(20)38-4)27(33)24(41-29)15-18-11-13-23(40-18)19-12-10-17(37-3)14-21(19)32(35)36/h6-15,26H,5H2,1-4H3/b24-15-/t26-/m1/s1. The van der Waals surface area contributed by atoms with Crippen molar-refractivity contribution in [3.63, 3.8) is 0 Å². The summed E-state index contributed by atoms with van der Waals surface area (Å²) in [6.07, 6.45) is 1.55. The highest BCUT2D eigenvalue weighted by Crippen LogP contribution is 2.36. The molecule has 1 atom stereocenters. The number of rotatable bonds is 8. The van der Waals surface area contributed by atoms with Crippen molar-refractivity contribution in [1.82, 2.24) is 4.57 Å². The number of carbonyl (C=O) groups is 1. The average Bonchev–Trinajstić information content (AvgIpc) is 3.56. The van der Waals surface area contributed by atoms with Crippen LogP contribution >= 0.6 is 11.3 Å². The number of nitrogens with zero attached hydrogens (tertiary/aromatic N) is 3. The molecule has 0 radical (unpaired) electrons. The molecule has 12 heteroatoms. The van der Waals surface area contributed by atoms with Gasteiger partial charge in [0.05, 0.1) is 53.2 Å². The molecule has 2 aromatic carbocycles. The average molecular weight is 576 g/mol. The van der Waals surface area contributed by atoms with E-state index in [0.717, 1.165) is 11.3 Å². The Bertz CT molecular complexity index is 1880. The second kappa shape index (κ2) is 11.3. The lowest BCUT2D eigenvalue weighted by Gasteiger charge is -2.25. The van der Waals surface area contributed by atoms with Crippen molar-refractivity contribution in [1.29, 1.82) is 0 Å². The summed E-state index contributed by atoms with van der Waals surface area (Å²) in [5.41, 5.74) is 0.965. The van der Waals surface area contributed by atoms with Crippen LogP contribution in [0.5, 0.6) is 11.5 Å². The zero-order valence-electron chi connectivity index (χ0n) is 22.6. The number of methoxy groups -OCH3 is 2. The molecule has 0 saturated carbocycles. The van der Waals surface area contributed by atoms with E-state index in [1.165, 1.54) is 24.9 Å². The van der Waals surface area contributed by atoms with Crippen molar-refractivity contribution >= 4 is 29.1 Å². The maximum Gasteiger partial charge on any atom is 0.338 e. The molecule has 1 aliphatic rings. The second-order valence-electron chi connectivity index (χ2n) is 8.89. The van der Waals surface area contributed by atoms with Crippen molar-refractivity contribution in [2.45, 2.75) is 19.9 Å². The molecule has 2 aromatic heterocycles. The number of benzene rings is 2. The predicted molar refractivity (Wildman–Crippen MR) is 151 cm³/mol. The second-order valence-corrected chi connectivity index (χ2v) is 9.90. The molecule has 0 fully saturated rings. The topological polar surface area (TPSA) is 135 Å². The molecule has 11 nitrogen and oxygen atoms in total. The number of carbonyl (C=O) groups excluding carboxylic acids is 1. The molecule has 0 unspecified atom stereocenters. The number of ether oxygens (including phenoxy) is 3. The fourth-order valence-electron chi connectivity index (χ4n) is 4.68. The Morgan fingerprint density at radius 1 is 1.17 bits per heavy atom. The lowest BCUT2D eigenvalue weighted by atomic mass is 9.95. The van der Waals surface area contributed by atoms with Crippen LogP contribution in [0, 0.1) is 10.1 Å². The normalized spacial score (nSPS) is 14.8. The third-order valence-corrected chi connectivity index (χ3v) is 7.50. The van der Waals surface area contributed by atoms with Crippen molar-refractivity contribution in [2.24, 2.45) is 4.99 Å². The van der Waals surface area contributed by atoms with Crippen LogP contribution in [-0.4, -0.2) is 36.3 Å². The molecular formula is C29H25N3O8S. The summed E-state index contributed by atoms with van der Waals surface area (Å²) in [5.74, 6) is 0.836. The summed E-state index contributed by atoms with van der Waals surface area (Å²) in [7, 11) is 2.94. The van der Waals surface area contributed by atoms with Crippen LogP contribution in [0.3, 0.4) is 0 Å². The van der Waals surface area contributed by atoms with E-state index >= 15 is 0 Å². The molecule has 0 spiro atoms. The molecular weight excluding hydrogens is 550 g/mol. The van der Waals surface area contributed by atoms with Crippen LogP contribution in [0.15, 0.2) is 80.1 Å². The van der Waals surface area contributed by atoms with Crippen LogP contribution in [0.1, 0.15) is 31.2 Å². The molecule has 0 saturated heterocycles. The number of allylic oxidation sites excluding steroid dienone is 1. The first kappa shape index (κ1) is 27.6. The third kappa shape index (κ3) is 5.05. The van der Waals surface area contributed by atoms with Gasteiger partial charge in [-0.05, 0) is 44.2 Å². The van der Waals surface area contributed by atoms with Gasteiger partial charge in [0.2, 0.25) is 0 Å². The van der Waals surface area contributed by atoms with Gasteiger partial charge in [-0.15, -0.1) is 0 Å². The van der Waals surface area contributed by atoms with E-state index in [4.69, 9.17) is 18.6 Å². The maximum absolute atomic E-state index is 13.8. The van der Waals surface area contributed by atoms with E-state index in [-0.39, 0.29) is 29.2 Å². The van der Waals surface area contributed by atoms with Gasteiger partial charge in [0.15, 0.2) is 4.80 Å². The van der Waals surface area contributed by atoms with Crippen LogP contribution in [0.25, 0.3) is 17.4 Å². The fourth-order valence-corrected chi connectivity index (χ4v) is 5.71. The first-order chi connectivity index (χ1) is 19.8. The van der Waals surface area contributed by atoms with Gasteiger partial charge in [-0.25, -0.2) is 9.79 Å². The Kier molecular flexibility index (Phi) is 7.58. The lowest BCUT2D eigenvalue weighted by Crippen LogP contribution is -2.40. The van der Waals surface area contributed by atoms with E-state index in [1.807, 2.05) is 0 Å². The molecule has 3 heterocycles. The number of aromatic nitrogens is 1. The van der Waals surface area contributed by atoms with Crippen LogP contribution in [0.4, 0.5) is 5.69 Å². The quantitative estimate of drug-likeness (QED) is 0.175. The predicted octanol–water partition coefficient (Wildman–Crippen LogP) is 3.98. The highest BCUT2D eigenvalue weighted by atomic mass is 32.1. The minimum atomic E-state index is -0.835. The minimum absolute atomic E-state index is 0.159. The first-order valence-corrected chi connectivity index (χ1v) is 13.3. The van der Waals surface area contributed by atoms with E-state index in [2.05, 4.69) is 4.99 Å². The summed E-state index contributed by atoms with van der Waals surface area (Å²) in [4.78, 5) is 43.0. The summed E-state index contributed by atoms with van der Waals surface area (Å²) in [6, 6.07) is 14.0. The number of thiazole rings is 1. The van der Waals surface area contributed by atoms with Gasteiger partial charge in [-0.2, -0.15) is 0 Å². The number of nitro benzene ring substituents is 1. The van der Waals surface area contributed by atoms with Crippen LogP contribution in [-0.2, 0) is 9.53 Å². The van der Waals surface area contributed by atoms with Crippen molar-refractivity contribution in [3.05, 3.63) is 107 Å². The molecule has 210 valence electrons. The van der Waals surface area contributed by atoms with Crippen LogP contribution < -0.4 is 24.4 Å². The number of esters is 1. The molecule has 41 heavy (non-hydrogen) atoms. The smallest absolute Gasteiger partial charge is 0.338 e. The minimum Gasteiger partial charge on any atom is -0.497 e. The lowest BCUT2D eigenvalue weighted by molar-refractivity contribution is -0.384. The van der Waals surface area contributed by atoms with Gasteiger partial charge in [-0.3, -0.25) is 19.5 Å². The van der Waals surface area contributed by atoms with Gasteiger partial charge < -0.3 is 18.6 Å². The van der Waals surface area contributed by atoms with Gasteiger partial charge in [-0.1, -0.05) is 29.5 Å². The van der Waals surface area contributed by atoms with Crippen molar-refractivity contribution in [2.75, 3.05) is 20.8 Å². The van der Waals surface area contributed by atoms with Crippen molar-refractivity contribution in [3.8, 4) is 22.8 Å². The summed E-state index contributed by atoms with van der Waals surface area (Å²) in [6.45, 7) is 3.57. The molecule has 0 aliphatic carbocycles. The third-order valence-electron chi connectivity index (χ3n) is 6.52. The van der Waals surface area contributed by atoms with E-state index in [9.17, 15) is 19.7 Å². The Morgan fingerprint density at radius 3 is 2.66 bits per heavy atom. The molecule has 4 aromatic rings. The number of nitro groups is 1. The maximum atomic E-state index is 13.8. The van der Waals surface area contributed by atoms with Crippen molar-refractivity contribution < 1.29 is 28.3 Å². The molecule has 1 aliphatic heterocycles. The number of hydrogen-bond acceptors (Lipinski definition) is 10. The molecule has 0 N–H and O–H groups in total. The Morgan fingerprint density at radius 2 is 1.95 bits per heavy atom. The first-order valence-electron chi connectivity index (χ1n) is 12.5. The number of fused-ring (bicyclic) bond motifs is 1. The number of hydrogen-bond donors (Lipinski definition) is 0. The Balaban J connectivity index is 1.65. The van der Waals surface area contributed by atoms with Gasteiger partial charge in [0.25, 0.3) is 11.2 Å². The van der Waals surface area contributed by atoms with E-state index in [1.54, 1.807) is 68.5 Å². The fraction of sp³-hybridized carbons (Fsp3) is 0.207. The monoisotopic (exact) mass is 575 g/mol. The largest absolute Gasteiger partial charge is 0.497 e. The molecule has 0 amide bonds. The number of furan rings is 1. The Labute approximate surface area is 237 Å². The number of para-hydroxylation sites is 1. The van der Waals surface area contributed by atoms with Crippen LogP contribution in [0.2, 0.25) is 0 Å². The van der Waals surface area contributed by atoms with E-state index in [0.29, 0.717) is 37.9 Å². The summed E-state index contributed by atoms with van der Waals surface area (Å²) in [5, 5.41) is 11.7. The zero-order chi connectivity index (χ0) is 29.3.